The maximum Gasteiger partial charge on any atom is 0.269 e. The van der Waals surface area contributed by atoms with E-state index in [1.165, 1.54) is 12.8 Å². The summed E-state index contributed by atoms with van der Waals surface area (Å²) < 4.78 is 5.37. The Kier molecular flexibility index (Phi) is 4.26. The predicted octanol–water partition coefficient (Wildman–Crippen LogP) is 1.03. The van der Waals surface area contributed by atoms with E-state index in [1.54, 1.807) is 13.3 Å². The number of aromatic amines is 1. The Morgan fingerprint density at radius 3 is 2.90 bits per heavy atom. The van der Waals surface area contributed by atoms with Gasteiger partial charge in [-0.1, -0.05) is 0 Å². The van der Waals surface area contributed by atoms with Gasteiger partial charge in [-0.3, -0.25) is 4.79 Å². The van der Waals surface area contributed by atoms with Crippen molar-refractivity contribution >= 4 is 5.91 Å². The first kappa shape index (κ1) is 14.5. The molecule has 3 N–H and O–H groups in total. The molecule has 0 atom stereocenters. The van der Waals surface area contributed by atoms with Crippen LogP contribution >= 0.6 is 0 Å². The van der Waals surface area contributed by atoms with Crippen LogP contribution in [0.5, 0.6) is 0 Å². The maximum atomic E-state index is 12.3. The molecule has 1 aliphatic carbocycles. The molecule has 1 aliphatic heterocycles. The third kappa shape index (κ3) is 3.44. The van der Waals surface area contributed by atoms with Crippen LogP contribution in [0.2, 0.25) is 0 Å². The number of hydrogen-bond donors (Lipinski definition) is 3. The van der Waals surface area contributed by atoms with E-state index in [1.807, 2.05) is 0 Å². The molecule has 1 aromatic heterocycles. The predicted molar refractivity (Wildman–Crippen MR) is 79.3 cm³/mol. The van der Waals surface area contributed by atoms with Crippen molar-refractivity contribution in [1.82, 2.24) is 20.6 Å². The van der Waals surface area contributed by atoms with Gasteiger partial charge in [-0.2, -0.15) is 0 Å². The number of H-pyrrole nitrogens is 1. The van der Waals surface area contributed by atoms with Crippen LogP contribution in [-0.4, -0.2) is 49.2 Å². The van der Waals surface area contributed by atoms with Gasteiger partial charge in [0, 0.05) is 25.0 Å². The van der Waals surface area contributed by atoms with Gasteiger partial charge in [0.2, 0.25) is 0 Å². The minimum Gasteiger partial charge on any atom is -0.384 e. The summed E-state index contributed by atoms with van der Waals surface area (Å²) in [6.07, 6.45) is 6.06. The molecular weight excluding hydrogens is 268 g/mol. The third-order valence-electron chi connectivity index (χ3n) is 4.54. The minimum atomic E-state index is -0.0663. The summed E-state index contributed by atoms with van der Waals surface area (Å²) in [7, 11) is 1.72. The second kappa shape index (κ2) is 6.15. The van der Waals surface area contributed by atoms with Crippen molar-refractivity contribution in [2.75, 3.05) is 33.4 Å². The van der Waals surface area contributed by atoms with Gasteiger partial charge in [-0.15, -0.1) is 0 Å². The van der Waals surface area contributed by atoms with Gasteiger partial charge in [-0.25, -0.2) is 4.98 Å². The van der Waals surface area contributed by atoms with Crippen LogP contribution in [0.1, 0.15) is 47.9 Å². The van der Waals surface area contributed by atoms with Crippen LogP contribution in [0.4, 0.5) is 0 Å². The van der Waals surface area contributed by atoms with E-state index in [-0.39, 0.29) is 11.3 Å². The normalized spacial score (nSPS) is 21.2. The number of carbonyl (C=O) groups is 1. The van der Waals surface area contributed by atoms with Gasteiger partial charge in [0.15, 0.2) is 0 Å². The quantitative estimate of drug-likeness (QED) is 0.732. The van der Waals surface area contributed by atoms with Gasteiger partial charge in [0.05, 0.1) is 12.8 Å². The Balaban J connectivity index is 1.57. The largest absolute Gasteiger partial charge is 0.384 e. The lowest BCUT2D eigenvalue weighted by molar-refractivity contribution is 0.0511. The molecular formula is C15H24N4O2. The van der Waals surface area contributed by atoms with Crippen LogP contribution in [0.15, 0.2) is 6.20 Å². The molecule has 2 fully saturated rings. The molecule has 1 saturated carbocycles. The number of ether oxygens (including phenoxy) is 1. The van der Waals surface area contributed by atoms with Gasteiger partial charge >= 0.3 is 0 Å². The van der Waals surface area contributed by atoms with Crippen molar-refractivity contribution in [2.45, 2.75) is 31.6 Å². The average molecular weight is 292 g/mol. The van der Waals surface area contributed by atoms with Gasteiger partial charge in [-0.05, 0) is 38.8 Å². The lowest BCUT2D eigenvalue weighted by Crippen LogP contribution is -2.47. The lowest BCUT2D eigenvalue weighted by Gasteiger charge is -2.37. The van der Waals surface area contributed by atoms with E-state index in [4.69, 9.17) is 4.74 Å². The Morgan fingerprint density at radius 2 is 2.24 bits per heavy atom. The van der Waals surface area contributed by atoms with Gasteiger partial charge < -0.3 is 20.4 Å². The van der Waals surface area contributed by atoms with E-state index in [9.17, 15) is 4.79 Å². The second-order valence-corrected chi connectivity index (χ2v) is 6.32. The third-order valence-corrected chi connectivity index (χ3v) is 4.54. The number of rotatable bonds is 6. The summed E-state index contributed by atoms with van der Waals surface area (Å²) >= 11 is 0. The topological polar surface area (TPSA) is 79.0 Å². The van der Waals surface area contributed by atoms with E-state index >= 15 is 0 Å². The highest BCUT2D eigenvalue weighted by Gasteiger charge is 2.33. The first-order valence-corrected chi connectivity index (χ1v) is 7.75. The summed E-state index contributed by atoms with van der Waals surface area (Å²) in [5.41, 5.74) is 0.619. The zero-order valence-electron chi connectivity index (χ0n) is 12.6. The molecule has 0 radical (unpaired) electrons. The second-order valence-electron chi connectivity index (χ2n) is 6.32. The summed E-state index contributed by atoms with van der Waals surface area (Å²) in [6, 6.07) is 0. The van der Waals surface area contributed by atoms with Crippen LogP contribution in [-0.2, 0) is 4.74 Å². The summed E-state index contributed by atoms with van der Waals surface area (Å²) in [4.78, 5) is 19.7. The molecule has 21 heavy (non-hydrogen) atoms. The molecule has 0 unspecified atom stereocenters. The summed E-state index contributed by atoms with van der Waals surface area (Å²) in [5.74, 6) is 1.42. The Morgan fingerprint density at radius 1 is 1.48 bits per heavy atom. The number of piperidine rings is 1. The van der Waals surface area contributed by atoms with Crippen molar-refractivity contribution in [2.24, 2.45) is 5.41 Å². The average Bonchev–Trinajstić information content (AvgIpc) is 3.24. The van der Waals surface area contributed by atoms with Crippen LogP contribution < -0.4 is 10.6 Å². The Bertz CT molecular complexity index is 484. The number of nitrogens with one attached hydrogen (secondary N) is 3. The van der Waals surface area contributed by atoms with Crippen molar-refractivity contribution in [3.63, 3.8) is 0 Å². The SMILES string of the molecule is COCC1(CNC(=O)c2cnc(C3CC3)[nH]2)CCNCC1. The smallest absolute Gasteiger partial charge is 0.269 e. The van der Waals surface area contributed by atoms with Gasteiger partial charge in [0.25, 0.3) is 5.91 Å². The molecule has 1 saturated heterocycles. The monoisotopic (exact) mass is 292 g/mol. The Labute approximate surface area is 125 Å². The molecule has 6 nitrogen and oxygen atoms in total. The van der Waals surface area contributed by atoms with Crippen molar-refractivity contribution in [3.8, 4) is 0 Å². The maximum absolute atomic E-state index is 12.3. The van der Waals surface area contributed by atoms with E-state index in [2.05, 4.69) is 20.6 Å². The van der Waals surface area contributed by atoms with Crippen molar-refractivity contribution < 1.29 is 9.53 Å². The molecule has 1 amide bonds. The molecule has 6 heteroatoms. The number of aromatic nitrogens is 2. The number of methoxy groups -OCH3 is 1. The fraction of sp³-hybridized carbons (Fsp3) is 0.733. The highest BCUT2D eigenvalue weighted by molar-refractivity contribution is 5.92. The highest BCUT2D eigenvalue weighted by atomic mass is 16.5. The first-order valence-electron chi connectivity index (χ1n) is 7.75. The number of carbonyl (C=O) groups excluding carboxylic acids is 1. The summed E-state index contributed by atoms with van der Waals surface area (Å²) in [6.45, 7) is 3.30. The standard InChI is InChI=1S/C15H24N4O2/c1-21-10-15(4-6-16-7-5-15)9-18-14(20)12-8-17-13(19-12)11-2-3-11/h8,11,16H,2-7,9-10H2,1H3,(H,17,19)(H,18,20). The molecule has 1 aromatic rings. The summed E-state index contributed by atoms with van der Waals surface area (Å²) in [5, 5.41) is 6.40. The molecule has 0 spiro atoms. The zero-order chi connectivity index (χ0) is 14.7. The zero-order valence-corrected chi connectivity index (χ0v) is 12.6. The molecule has 2 heterocycles. The number of amides is 1. The molecule has 0 aromatic carbocycles. The first-order chi connectivity index (χ1) is 10.2. The molecule has 2 aliphatic rings. The van der Waals surface area contributed by atoms with Crippen LogP contribution in [0, 0.1) is 5.41 Å². The number of nitrogens with zero attached hydrogens (tertiary/aromatic N) is 1. The fourth-order valence-electron chi connectivity index (χ4n) is 3.01. The number of hydrogen-bond acceptors (Lipinski definition) is 4. The minimum absolute atomic E-state index is 0.0506. The molecule has 0 bridgehead atoms. The van der Waals surface area contributed by atoms with Crippen molar-refractivity contribution in [1.29, 1.82) is 0 Å². The van der Waals surface area contributed by atoms with Crippen molar-refractivity contribution in [3.05, 3.63) is 17.7 Å². The van der Waals surface area contributed by atoms with E-state index in [0.717, 1.165) is 31.8 Å². The van der Waals surface area contributed by atoms with E-state index < -0.39 is 0 Å². The van der Waals surface area contributed by atoms with Gasteiger partial charge in [0.1, 0.15) is 11.5 Å². The Hall–Kier alpha value is -1.40. The lowest BCUT2D eigenvalue weighted by atomic mass is 9.79. The molecule has 3 rings (SSSR count). The van der Waals surface area contributed by atoms with Crippen LogP contribution in [0.25, 0.3) is 0 Å². The van der Waals surface area contributed by atoms with E-state index in [0.29, 0.717) is 24.8 Å². The highest BCUT2D eigenvalue weighted by Crippen LogP contribution is 2.38. The number of imidazole rings is 1. The molecule has 116 valence electrons. The fourth-order valence-corrected chi connectivity index (χ4v) is 3.01. The van der Waals surface area contributed by atoms with Crippen LogP contribution in [0.3, 0.4) is 0 Å².